The van der Waals surface area contributed by atoms with Gasteiger partial charge in [-0.15, -0.1) is 0 Å². The van der Waals surface area contributed by atoms with E-state index in [-0.39, 0.29) is 24.7 Å². The van der Waals surface area contributed by atoms with Crippen LogP contribution in [0.3, 0.4) is 0 Å². The quantitative estimate of drug-likeness (QED) is 0.466. The molecule has 0 aliphatic carbocycles. The Kier molecular flexibility index (Phi) is 6.25. The van der Waals surface area contributed by atoms with E-state index in [2.05, 4.69) is 29.5 Å². The van der Waals surface area contributed by atoms with Gasteiger partial charge in [0.05, 0.1) is 0 Å². The highest BCUT2D eigenvalue weighted by Crippen LogP contribution is 2.20. The Balaban J connectivity index is 1.28. The number of hydrogen-bond acceptors (Lipinski definition) is 3. The summed E-state index contributed by atoms with van der Waals surface area (Å²) in [6.07, 6.45) is 2.91. The lowest BCUT2D eigenvalue weighted by molar-refractivity contribution is -0.127. The maximum atomic E-state index is 12.7. The van der Waals surface area contributed by atoms with Crippen LogP contribution >= 0.6 is 0 Å². The van der Waals surface area contributed by atoms with Gasteiger partial charge in [0.1, 0.15) is 6.04 Å². The summed E-state index contributed by atoms with van der Waals surface area (Å²) in [5.74, 6) is -0.0267. The van der Waals surface area contributed by atoms with Gasteiger partial charge in [0, 0.05) is 35.8 Å². The van der Waals surface area contributed by atoms with Crippen LogP contribution in [0.1, 0.15) is 43.7 Å². The first-order chi connectivity index (χ1) is 15.4. The molecule has 3 N–H and O–H groups in total. The Bertz CT molecular complexity index is 1130. The normalized spacial score (nSPS) is 16.1. The minimum absolute atomic E-state index is 0.152. The van der Waals surface area contributed by atoms with Gasteiger partial charge in [-0.05, 0) is 48.1 Å². The predicted molar refractivity (Wildman–Crippen MR) is 124 cm³/mol. The molecule has 3 aromatic rings. The topological polar surface area (TPSA) is 94.3 Å². The zero-order chi connectivity index (χ0) is 22.7. The summed E-state index contributed by atoms with van der Waals surface area (Å²) in [4.78, 5) is 41.8. The van der Waals surface area contributed by atoms with Crippen LogP contribution in [0.5, 0.6) is 0 Å². The minimum Gasteiger partial charge on any atom is -0.361 e. The van der Waals surface area contributed by atoms with Crippen LogP contribution in [0.25, 0.3) is 10.9 Å². The molecule has 1 aliphatic rings. The lowest BCUT2D eigenvalue weighted by atomic mass is 10.0. The van der Waals surface area contributed by atoms with E-state index >= 15 is 0 Å². The molecule has 0 saturated carbocycles. The third-order valence-corrected chi connectivity index (χ3v) is 5.91. The summed E-state index contributed by atoms with van der Waals surface area (Å²) < 4.78 is 0. The SMILES string of the molecule is CC(C)c1ccc(NC(=O)CC[C@H]2NC(=O)N(CCc3c[nH]c4ccccc34)C2=O)cc1. The summed E-state index contributed by atoms with van der Waals surface area (Å²) in [5.41, 5.74) is 4.02. The van der Waals surface area contributed by atoms with Gasteiger partial charge >= 0.3 is 6.03 Å². The van der Waals surface area contributed by atoms with Crippen LogP contribution in [-0.4, -0.2) is 40.3 Å². The molecule has 2 heterocycles. The number of carbonyl (C=O) groups is 3. The molecule has 2 aromatic carbocycles. The fourth-order valence-electron chi connectivity index (χ4n) is 4.01. The van der Waals surface area contributed by atoms with Crippen molar-refractivity contribution < 1.29 is 14.4 Å². The highest BCUT2D eigenvalue weighted by Gasteiger charge is 2.37. The van der Waals surface area contributed by atoms with E-state index in [1.165, 1.54) is 10.5 Å². The van der Waals surface area contributed by atoms with Crippen molar-refractivity contribution in [3.05, 3.63) is 65.9 Å². The van der Waals surface area contributed by atoms with Gasteiger partial charge < -0.3 is 15.6 Å². The molecule has 7 nitrogen and oxygen atoms in total. The van der Waals surface area contributed by atoms with Crippen LogP contribution in [0.15, 0.2) is 54.7 Å². The summed E-state index contributed by atoms with van der Waals surface area (Å²) in [6, 6.07) is 14.6. The van der Waals surface area contributed by atoms with Gasteiger partial charge in [-0.2, -0.15) is 0 Å². The number of urea groups is 1. The third-order valence-electron chi connectivity index (χ3n) is 5.91. The van der Waals surface area contributed by atoms with Crippen molar-refractivity contribution in [3.8, 4) is 0 Å². The molecule has 4 amide bonds. The summed E-state index contributed by atoms with van der Waals surface area (Å²) in [6.45, 7) is 4.53. The van der Waals surface area contributed by atoms with Crippen molar-refractivity contribution in [2.24, 2.45) is 0 Å². The maximum absolute atomic E-state index is 12.7. The van der Waals surface area contributed by atoms with Gasteiger partial charge in [0.15, 0.2) is 0 Å². The number of fused-ring (bicyclic) bond motifs is 1. The van der Waals surface area contributed by atoms with E-state index in [0.717, 1.165) is 22.2 Å². The van der Waals surface area contributed by atoms with Gasteiger partial charge in [-0.3, -0.25) is 14.5 Å². The smallest absolute Gasteiger partial charge is 0.324 e. The second kappa shape index (κ2) is 9.26. The van der Waals surface area contributed by atoms with Crippen molar-refractivity contribution in [1.82, 2.24) is 15.2 Å². The van der Waals surface area contributed by atoms with Crippen molar-refractivity contribution in [2.75, 3.05) is 11.9 Å². The number of nitrogens with one attached hydrogen (secondary N) is 3. The lowest BCUT2D eigenvalue weighted by Gasteiger charge is -2.13. The average molecular weight is 433 g/mol. The number of imide groups is 1. The van der Waals surface area contributed by atoms with Crippen molar-refractivity contribution >= 4 is 34.4 Å². The molecule has 0 unspecified atom stereocenters. The molecule has 1 aliphatic heterocycles. The third kappa shape index (κ3) is 4.66. The van der Waals surface area contributed by atoms with Crippen LogP contribution < -0.4 is 10.6 Å². The standard InChI is InChI=1S/C25H28N4O3/c1-16(2)17-7-9-19(10-8-17)27-23(30)12-11-22-24(31)29(25(32)28-22)14-13-18-15-26-21-6-4-3-5-20(18)21/h3-10,15-16,22,26H,11-14H2,1-2H3,(H,27,30)(H,28,32)/t22-/m1/s1. The van der Waals surface area contributed by atoms with Crippen molar-refractivity contribution in [1.29, 1.82) is 0 Å². The summed E-state index contributed by atoms with van der Waals surface area (Å²) in [5, 5.41) is 6.65. The summed E-state index contributed by atoms with van der Waals surface area (Å²) in [7, 11) is 0. The largest absolute Gasteiger partial charge is 0.361 e. The zero-order valence-corrected chi connectivity index (χ0v) is 18.4. The van der Waals surface area contributed by atoms with E-state index in [4.69, 9.17) is 0 Å². The van der Waals surface area contributed by atoms with Gasteiger partial charge in [-0.1, -0.05) is 44.2 Å². The predicted octanol–water partition coefficient (Wildman–Crippen LogP) is 4.17. The van der Waals surface area contributed by atoms with Gasteiger partial charge in [0.2, 0.25) is 5.91 Å². The molecule has 1 atom stereocenters. The number of aromatic nitrogens is 1. The second-order valence-corrected chi connectivity index (χ2v) is 8.47. The van der Waals surface area contributed by atoms with Crippen molar-refractivity contribution in [3.63, 3.8) is 0 Å². The van der Waals surface area contributed by atoms with Crippen molar-refractivity contribution in [2.45, 2.75) is 45.1 Å². The Hall–Kier alpha value is -3.61. The van der Waals surface area contributed by atoms with Crippen LogP contribution in [0.2, 0.25) is 0 Å². The van der Waals surface area contributed by atoms with E-state index in [1.54, 1.807) is 0 Å². The molecular weight excluding hydrogens is 404 g/mol. The number of carbonyl (C=O) groups excluding carboxylic acids is 3. The van der Waals surface area contributed by atoms with E-state index < -0.39 is 12.1 Å². The van der Waals surface area contributed by atoms with Gasteiger partial charge in [-0.25, -0.2) is 4.79 Å². The molecule has 32 heavy (non-hydrogen) atoms. The number of nitrogens with zero attached hydrogens (tertiary/aromatic N) is 1. The zero-order valence-electron chi connectivity index (χ0n) is 18.4. The number of aromatic amines is 1. The monoisotopic (exact) mass is 432 g/mol. The molecule has 0 bridgehead atoms. The summed E-state index contributed by atoms with van der Waals surface area (Å²) >= 11 is 0. The number of rotatable bonds is 8. The number of hydrogen-bond donors (Lipinski definition) is 3. The van der Waals surface area contributed by atoms with Crippen LogP contribution in [0.4, 0.5) is 10.5 Å². The Labute approximate surface area is 187 Å². The van der Waals surface area contributed by atoms with E-state index in [0.29, 0.717) is 18.9 Å². The molecule has 1 fully saturated rings. The minimum atomic E-state index is -0.667. The Morgan fingerprint density at radius 1 is 1.09 bits per heavy atom. The Morgan fingerprint density at radius 2 is 1.84 bits per heavy atom. The first kappa shape index (κ1) is 21.6. The Morgan fingerprint density at radius 3 is 2.59 bits per heavy atom. The van der Waals surface area contributed by atoms with E-state index in [1.807, 2.05) is 54.7 Å². The fourth-order valence-corrected chi connectivity index (χ4v) is 4.01. The molecular formula is C25H28N4O3. The van der Waals surface area contributed by atoms with E-state index in [9.17, 15) is 14.4 Å². The highest BCUT2D eigenvalue weighted by molar-refractivity contribution is 6.04. The fraction of sp³-hybridized carbons (Fsp3) is 0.320. The number of amides is 4. The van der Waals surface area contributed by atoms with Crippen LogP contribution in [-0.2, 0) is 16.0 Å². The van der Waals surface area contributed by atoms with Gasteiger partial charge in [0.25, 0.3) is 5.91 Å². The molecule has 1 aromatic heterocycles. The molecule has 1 saturated heterocycles. The molecule has 166 valence electrons. The molecule has 7 heteroatoms. The van der Waals surface area contributed by atoms with Crippen LogP contribution in [0, 0.1) is 0 Å². The first-order valence-electron chi connectivity index (χ1n) is 11.0. The maximum Gasteiger partial charge on any atom is 0.324 e. The first-order valence-corrected chi connectivity index (χ1v) is 11.0. The number of para-hydroxylation sites is 1. The molecule has 0 radical (unpaired) electrons. The highest BCUT2D eigenvalue weighted by atomic mass is 16.2. The number of anilines is 1. The number of benzene rings is 2. The number of H-pyrrole nitrogens is 1. The lowest BCUT2D eigenvalue weighted by Crippen LogP contribution is -2.33. The molecule has 4 rings (SSSR count). The second-order valence-electron chi connectivity index (χ2n) is 8.47. The average Bonchev–Trinajstić information content (AvgIpc) is 3.31. The molecule has 0 spiro atoms.